The van der Waals surface area contributed by atoms with Crippen LogP contribution in [0.25, 0.3) is 17.0 Å². The molecule has 1 atom stereocenters. The summed E-state index contributed by atoms with van der Waals surface area (Å²) in [5.41, 5.74) is 1.16. The van der Waals surface area contributed by atoms with Crippen molar-refractivity contribution < 1.29 is 17.9 Å². The molecule has 3 aromatic rings. The molecule has 3 aromatic heterocycles. The molecule has 1 unspecified atom stereocenters. The van der Waals surface area contributed by atoms with Crippen molar-refractivity contribution in [2.45, 2.75) is 19.2 Å². The zero-order valence-electron chi connectivity index (χ0n) is 11.3. The minimum absolute atomic E-state index is 0.107. The van der Waals surface area contributed by atoms with Gasteiger partial charge in [-0.1, -0.05) is 0 Å². The number of hydrogen-bond acceptors (Lipinski definition) is 5. The topological polar surface area (TPSA) is 65.2 Å². The van der Waals surface area contributed by atoms with E-state index in [0.717, 1.165) is 6.92 Å². The van der Waals surface area contributed by atoms with E-state index < -0.39 is 12.3 Å². The molecule has 0 fully saturated rings. The molecule has 0 aliphatic rings. The Labute approximate surface area is 122 Å². The van der Waals surface area contributed by atoms with Crippen molar-refractivity contribution >= 4 is 5.65 Å². The van der Waals surface area contributed by atoms with Crippen molar-refractivity contribution in [3.05, 3.63) is 36.9 Å². The fourth-order valence-corrected chi connectivity index (χ4v) is 1.78. The summed E-state index contributed by atoms with van der Waals surface area (Å²) in [6.45, 7) is 0.925. The van der Waals surface area contributed by atoms with Crippen molar-refractivity contribution in [2.24, 2.45) is 0 Å². The second-order valence-corrected chi connectivity index (χ2v) is 4.51. The van der Waals surface area contributed by atoms with E-state index in [4.69, 9.17) is 4.74 Å². The van der Waals surface area contributed by atoms with Crippen molar-refractivity contribution in [2.75, 3.05) is 0 Å². The fourth-order valence-electron chi connectivity index (χ4n) is 1.78. The van der Waals surface area contributed by atoms with E-state index in [0.29, 0.717) is 17.0 Å². The van der Waals surface area contributed by atoms with Crippen LogP contribution in [0, 0.1) is 0 Å². The van der Waals surface area contributed by atoms with Crippen molar-refractivity contribution in [3.63, 3.8) is 0 Å². The molecule has 0 bridgehead atoms. The Morgan fingerprint density at radius 1 is 1.18 bits per heavy atom. The molecular formula is C13H10F3N5O. The number of alkyl halides is 3. The number of ether oxygens (including phenoxy) is 1. The Balaban J connectivity index is 1.85. The van der Waals surface area contributed by atoms with Crippen LogP contribution in [0.15, 0.2) is 36.9 Å². The van der Waals surface area contributed by atoms with Crippen molar-refractivity contribution in [1.29, 1.82) is 0 Å². The number of fused-ring (bicyclic) bond motifs is 1. The van der Waals surface area contributed by atoms with Crippen LogP contribution in [0.4, 0.5) is 13.2 Å². The number of rotatable bonds is 3. The molecule has 0 spiro atoms. The zero-order valence-corrected chi connectivity index (χ0v) is 11.3. The summed E-state index contributed by atoms with van der Waals surface area (Å²) in [4.78, 5) is 7.80. The molecule has 3 rings (SSSR count). The van der Waals surface area contributed by atoms with Crippen LogP contribution in [-0.2, 0) is 0 Å². The zero-order chi connectivity index (χ0) is 15.7. The van der Waals surface area contributed by atoms with Gasteiger partial charge in [0, 0.05) is 30.2 Å². The van der Waals surface area contributed by atoms with Gasteiger partial charge in [-0.2, -0.15) is 13.2 Å². The molecule has 0 aliphatic carbocycles. The molecule has 0 aromatic carbocycles. The SMILES string of the molecule is CC(Oc1ccc(-c2nnc3cnccn23)cn1)C(F)(F)F. The van der Waals surface area contributed by atoms with Gasteiger partial charge in [-0.25, -0.2) is 4.98 Å². The van der Waals surface area contributed by atoms with Gasteiger partial charge in [0.25, 0.3) is 0 Å². The lowest BCUT2D eigenvalue weighted by atomic mass is 10.2. The number of hydrogen-bond donors (Lipinski definition) is 0. The summed E-state index contributed by atoms with van der Waals surface area (Å²) in [5, 5.41) is 7.95. The predicted octanol–water partition coefficient (Wildman–Crippen LogP) is 2.52. The first-order valence-electron chi connectivity index (χ1n) is 6.29. The van der Waals surface area contributed by atoms with Crippen LogP contribution >= 0.6 is 0 Å². The maximum Gasteiger partial charge on any atom is 0.425 e. The van der Waals surface area contributed by atoms with Crippen LogP contribution in [0.1, 0.15) is 6.92 Å². The van der Waals surface area contributed by atoms with E-state index in [1.807, 2.05) is 0 Å². The average Bonchev–Trinajstić information content (AvgIpc) is 2.91. The van der Waals surface area contributed by atoms with Gasteiger partial charge in [-0.05, 0) is 13.0 Å². The Bertz CT molecular complexity index is 784. The molecule has 9 heteroatoms. The van der Waals surface area contributed by atoms with Crippen LogP contribution < -0.4 is 4.74 Å². The molecule has 0 amide bonds. The van der Waals surface area contributed by atoms with E-state index in [1.54, 1.807) is 29.1 Å². The molecule has 6 nitrogen and oxygen atoms in total. The third kappa shape index (κ3) is 2.69. The van der Waals surface area contributed by atoms with Gasteiger partial charge >= 0.3 is 6.18 Å². The van der Waals surface area contributed by atoms with Crippen LogP contribution in [0.5, 0.6) is 5.88 Å². The van der Waals surface area contributed by atoms with Gasteiger partial charge in [0.15, 0.2) is 17.6 Å². The van der Waals surface area contributed by atoms with Gasteiger partial charge in [-0.15, -0.1) is 10.2 Å². The van der Waals surface area contributed by atoms with E-state index in [-0.39, 0.29) is 5.88 Å². The van der Waals surface area contributed by atoms with Crippen LogP contribution in [0.3, 0.4) is 0 Å². The highest BCUT2D eigenvalue weighted by molar-refractivity contribution is 5.58. The molecule has 0 N–H and O–H groups in total. The van der Waals surface area contributed by atoms with Gasteiger partial charge in [0.2, 0.25) is 5.88 Å². The van der Waals surface area contributed by atoms with Gasteiger partial charge < -0.3 is 4.74 Å². The van der Waals surface area contributed by atoms with Crippen LogP contribution in [0.2, 0.25) is 0 Å². The summed E-state index contributed by atoms with van der Waals surface area (Å²) in [7, 11) is 0. The highest BCUT2D eigenvalue weighted by Crippen LogP contribution is 2.25. The lowest BCUT2D eigenvalue weighted by Crippen LogP contribution is -2.31. The van der Waals surface area contributed by atoms with E-state index in [9.17, 15) is 13.2 Å². The first-order chi connectivity index (χ1) is 10.4. The molecule has 22 heavy (non-hydrogen) atoms. The molecule has 0 saturated heterocycles. The first-order valence-corrected chi connectivity index (χ1v) is 6.29. The van der Waals surface area contributed by atoms with Crippen LogP contribution in [-0.4, -0.2) is 36.8 Å². The fraction of sp³-hybridized carbons (Fsp3) is 0.231. The number of pyridine rings is 1. The smallest absolute Gasteiger partial charge is 0.425 e. The molecule has 0 aliphatic heterocycles. The highest BCUT2D eigenvalue weighted by atomic mass is 19.4. The summed E-state index contributed by atoms with van der Waals surface area (Å²) >= 11 is 0. The standard InChI is InChI=1S/C13H10F3N5O/c1-8(13(14,15)16)22-11-3-2-9(6-18-11)12-20-19-10-7-17-4-5-21(10)12/h2-8H,1H3. The van der Waals surface area contributed by atoms with Crippen molar-refractivity contribution in [3.8, 4) is 17.3 Å². The molecule has 114 valence electrons. The summed E-state index contributed by atoms with van der Waals surface area (Å²) < 4.78 is 43.7. The first kappa shape index (κ1) is 14.2. The molecular weight excluding hydrogens is 299 g/mol. The molecule has 3 heterocycles. The number of halogens is 3. The Hall–Kier alpha value is -2.71. The van der Waals surface area contributed by atoms with Gasteiger partial charge in [0.05, 0.1) is 6.20 Å². The second-order valence-electron chi connectivity index (χ2n) is 4.51. The van der Waals surface area contributed by atoms with E-state index >= 15 is 0 Å². The lowest BCUT2D eigenvalue weighted by Gasteiger charge is -2.16. The monoisotopic (exact) mass is 309 g/mol. The maximum absolute atomic E-state index is 12.4. The van der Waals surface area contributed by atoms with E-state index in [1.165, 1.54) is 12.3 Å². The van der Waals surface area contributed by atoms with Gasteiger partial charge in [0.1, 0.15) is 0 Å². The molecule has 0 radical (unpaired) electrons. The summed E-state index contributed by atoms with van der Waals surface area (Å²) in [6.07, 6.45) is -0.166. The summed E-state index contributed by atoms with van der Waals surface area (Å²) in [6, 6.07) is 2.93. The highest BCUT2D eigenvalue weighted by Gasteiger charge is 2.38. The molecule has 0 saturated carbocycles. The quantitative estimate of drug-likeness (QED) is 0.744. The average molecular weight is 309 g/mol. The van der Waals surface area contributed by atoms with Crippen molar-refractivity contribution in [1.82, 2.24) is 24.6 Å². The van der Waals surface area contributed by atoms with E-state index in [2.05, 4.69) is 20.2 Å². The largest absolute Gasteiger partial charge is 0.465 e. The normalized spacial score (nSPS) is 13.3. The minimum Gasteiger partial charge on any atom is -0.465 e. The Morgan fingerprint density at radius 2 is 2.00 bits per heavy atom. The van der Waals surface area contributed by atoms with Gasteiger partial charge in [-0.3, -0.25) is 9.38 Å². The third-order valence-electron chi connectivity index (χ3n) is 2.97. The third-order valence-corrected chi connectivity index (χ3v) is 2.97. The lowest BCUT2D eigenvalue weighted by molar-refractivity contribution is -0.189. The second kappa shape index (κ2) is 5.24. The summed E-state index contributed by atoms with van der Waals surface area (Å²) in [5.74, 6) is 0.407. The number of nitrogens with zero attached hydrogens (tertiary/aromatic N) is 5. The Kier molecular flexibility index (Phi) is 3.39. The minimum atomic E-state index is -4.43. The number of aromatic nitrogens is 5. The Morgan fingerprint density at radius 3 is 2.68 bits per heavy atom. The predicted molar refractivity (Wildman–Crippen MR) is 70.2 cm³/mol. The maximum atomic E-state index is 12.4.